The summed E-state index contributed by atoms with van der Waals surface area (Å²) in [5.74, 6) is 2.82. The average molecular weight is 432 g/mol. The molecule has 1 unspecified atom stereocenters. The van der Waals surface area contributed by atoms with Gasteiger partial charge in [0, 0.05) is 45.4 Å². The van der Waals surface area contributed by atoms with E-state index >= 15 is 0 Å². The molecule has 1 amide bonds. The van der Waals surface area contributed by atoms with Crippen molar-refractivity contribution in [1.29, 1.82) is 0 Å². The molecule has 1 aromatic rings. The molecule has 5 rings (SSSR count). The standard InChI is InChI=1S/C19H29N5O2.2ClH/c1-26-11-17(25)24-5-2-16-18(22-12-21-16)19(24)3-6-23(7-4-19)10-15-13-8-20-9-14(13)15;;/h12-15,20H,2-11H2,1H3,(H,21,22);2*1H/t13-,14+,15?;;. The number of methoxy groups -OCH3 is 1. The van der Waals surface area contributed by atoms with Crippen molar-refractivity contribution >= 4 is 30.7 Å². The molecule has 2 N–H and O–H groups in total. The van der Waals surface area contributed by atoms with Crippen molar-refractivity contribution in [2.24, 2.45) is 17.8 Å². The maximum atomic E-state index is 12.7. The number of halogens is 2. The van der Waals surface area contributed by atoms with Gasteiger partial charge in [-0.15, -0.1) is 24.8 Å². The zero-order valence-corrected chi connectivity index (χ0v) is 18.0. The minimum absolute atomic E-state index is 0. The number of carbonyl (C=O) groups is 1. The molecular weight excluding hydrogens is 401 g/mol. The number of carbonyl (C=O) groups excluding carboxylic acids is 1. The van der Waals surface area contributed by atoms with Crippen molar-refractivity contribution in [1.82, 2.24) is 25.1 Å². The third-order valence-electron chi connectivity index (χ3n) is 7.25. The first-order chi connectivity index (χ1) is 12.7. The molecule has 1 aromatic heterocycles. The Hall–Kier alpha value is -0.860. The van der Waals surface area contributed by atoms with Crippen LogP contribution in [0.4, 0.5) is 0 Å². The fourth-order valence-electron chi connectivity index (χ4n) is 5.77. The summed E-state index contributed by atoms with van der Waals surface area (Å²) < 4.78 is 5.15. The molecule has 1 saturated carbocycles. The first-order valence-corrected chi connectivity index (χ1v) is 9.98. The lowest BCUT2D eigenvalue weighted by Crippen LogP contribution is -2.59. The second-order valence-electron chi connectivity index (χ2n) is 8.44. The Labute approximate surface area is 178 Å². The maximum absolute atomic E-state index is 12.7. The van der Waals surface area contributed by atoms with Gasteiger partial charge in [0.25, 0.3) is 0 Å². The van der Waals surface area contributed by atoms with Crippen LogP contribution in [0.15, 0.2) is 6.33 Å². The number of nitrogens with zero attached hydrogens (tertiary/aromatic N) is 3. The summed E-state index contributed by atoms with van der Waals surface area (Å²) in [6.45, 7) is 6.66. The Kier molecular flexibility index (Phi) is 6.61. The summed E-state index contributed by atoms with van der Waals surface area (Å²) in [5, 5.41) is 3.49. The first kappa shape index (κ1) is 21.8. The highest BCUT2D eigenvalue weighted by Gasteiger charge is 2.54. The maximum Gasteiger partial charge on any atom is 0.249 e. The fraction of sp³-hybridized carbons (Fsp3) is 0.789. The molecule has 2 saturated heterocycles. The highest BCUT2D eigenvalue weighted by Crippen LogP contribution is 2.50. The quantitative estimate of drug-likeness (QED) is 0.744. The molecule has 0 bridgehead atoms. The monoisotopic (exact) mass is 431 g/mol. The van der Waals surface area contributed by atoms with E-state index in [0.717, 1.165) is 62.3 Å². The van der Waals surface area contributed by atoms with Crippen molar-refractivity contribution < 1.29 is 9.53 Å². The molecule has 158 valence electrons. The number of nitrogens with one attached hydrogen (secondary N) is 2. The van der Waals surface area contributed by atoms with Crippen molar-refractivity contribution in [3.8, 4) is 0 Å². The topological polar surface area (TPSA) is 73.5 Å². The van der Waals surface area contributed by atoms with Gasteiger partial charge in [0.1, 0.15) is 6.61 Å². The van der Waals surface area contributed by atoms with E-state index in [1.165, 1.54) is 25.3 Å². The van der Waals surface area contributed by atoms with Crippen LogP contribution in [0.25, 0.3) is 0 Å². The summed E-state index contributed by atoms with van der Waals surface area (Å²) in [4.78, 5) is 25.4. The lowest BCUT2D eigenvalue weighted by molar-refractivity contribution is -0.146. The zero-order chi connectivity index (χ0) is 17.7. The van der Waals surface area contributed by atoms with E-state index < -0.39 is 0 Å². The highest BCUT2D eigenvalue weighted by atomic mass is 35.5. The molecule has 4 aliphatic rings. The van der Waals surface area contributed by atoms with Gasteiger partial charge < -0.3 is 24.8 Å². The predicted molar refractivity (Wildman–Crippen MR) is 111 cm³/mol. The normalized spacial score (nSPS) is 30.2. The largest absolute Gasteiger partial charge is 0.375 e. The number of aromatic nitrogens is 2. The number of hydrogen-bond acceptors (Lipinski definition) is 5. The van der Waals surface area contributed by atoms with Gasteiger partial charge in [0.2, 0.25) is 5.91 Å². The summed E-state index contributed by atoms with van der Waals surface area (Å²) in [6, 6.07) is 0. The van der Waals surface area contributed by atoms with Crippen LogP contribution in [-0.2, 0) is 21.5 Å². The van der Waals surface area contributed by atoms with Crippen LogP contribution in [0.5, 0.6) is 0 Å². The van der Waals surface area contributed by atoms with E-state index in [1.54, 1.807) is 13.4 Å². The molecule has 0 aromatic carbocycles. The molecule has 0 radical (unpaired) electrons. The SMILES string of the molecule is COCC(=O)N1CCc2[nH]cnc2C12CCN(CC1[C@H]3CNC[C@@H]13)CC2.Cl.Cl. The van der Waals surface area contributed by atoms with Gasteiger partial charge >= 0.3 is 0 Å². The van der Waals surface area contributed by atoms with Gasteiger partial charge in [-0.1, -0.05) is 0 Å². The van der Waals surface area contributed by atoms with Gasteiger partial charge in [0.15, 0.2) is 0 Å². The molecule has 3 aliphatic heterocycles. The van der Waals surface area contributed by atoms with Crippen LogP contribution in [0, 0.1) is 17.8 Å². The molecule has 28 heavy (non-hydrogen) atoms. The second-order valence-corrected chi connectivity index (χ2v) is 8.44. The molecular formula is C19H31Cl2N5O2. The smallest absolute Gasteiger partial charge is 0.249 e. The van der Waals surface area contributed by atoms with Crippen molar-refractivity contribution in [3.63, 3.8) is 0 Å². The van der Waals surface area contributed by atoms with Gasteiger partial charge in [-0.2, -0.15) is 0 Å². The molecule has 4 heterocycles. The third-order valence-corrected chi connectivity index (χ3v) is 7.25. The summed E-state index contributed by atoms with van der Waals surface area (Å²) in [6.07, 6.45) is 4.59. The van der Waals surface area contributed by atoms with Crippen molar-refractivity contribution in [2.75, 3.05) is 53.0 Å². The van der Waals surface area contributed by atoms with Gasteiger partial charge in [-0.25, -0.2) is 4.98 Å². The van der Waals surface area contributed by atoms with Crippen LogP contribution >= 0.6 is 24.8 Å². The van der Waals surface area contributed by atoms with Crippen LogP contribution < -0.4 is 5.32 Å². The Balaban J connectivity index is 0.00000112. The number of H-pyrrole nitrogens is 1. The number of piperidine rings is 2. The van der Waals surface area contributed by atoms with Gasteiger partial charge in [0.05, 0.1) is 17.6 Å². The number of amides is 1. The van der Waals surface area contributed by atoms with Gasteiger partial charge in [-0.05, 0) is 43.7 Å². The second kappa shape index (κ2) is 8.48. The molecule has 9 heteroatoms. The van der Waals surface area contributed by atoms with E-state index in [0.29, 0.717) is 0 Å². The number of aromatic amines is 1. The number of imidazole rings is 1. The van der Waals surface area contributed by atoms with Crippen LogP contribution in [0.3, 0.4) is 0 Å². The molecule has 1 spiro atoms. The fourth-order valence-corrected chi connectivity index (χ4v) is 5.77. The Morgan fingerprint density at radius 3 is 2.64 bits per heavy atom. The molecule has 7 nitrogen and oxygen atoms in total. The number of likely N-dealkylation sites (tertiary alicyclic amines) is 1. The van der Waals surface area contributed by atoms with Crippen LogP contribution in [0.2, 0.25) is 0 Å². The minimum atomic E-state index is -0.249. The first-order valence-electron chi connectivity index (χ1n) is 9.98. The average Bonchev–Trinajstić information content (AvgIpc) is 3.04. The van der Waals surface area contributed by atoms with E-state index in [2.05, 4.69) is 25.1 Å². The number of fused-ring (bicyclic) bond motifs is 3. The number of rotatable bonds is 4. The van der Waals surface area contributed by atoms with E-state index in [9.17, 15) is 4.79 Å². The number of ether oxygens (including phenoxy) is 1. The zero-order valence-electron chi connectivity index (χ0n) is 16.4. The van der Waals surface area contributed by atoms with E-state index in [1.807, 2.05) is 0 Å². The Morgan fingerprint density at radius 2 is 1.96 bits per heavy atom. The molecule has 3 fully saturated rings. The predicted octanol–water partition coefficient (Wildman–Crippen LogP) is 1.04. The Bertz CT molecular complexity index is 682. The summed E-state index contributed by atoms with van der Waals surface area (Å²) >= 11 is 0. The molecule has 1 aliphatic carbocycles. The van der Waals surface area contributed by atoms with Crippen molar-refractivity contribution in [2.45, 2.75) is 24.8 Å². The third kappa shape index (κ3) is 3.45. The molecule has 3 atom stereocenters. The summed E-state index contributed by atoms with van der Waals surface area (Å²) in [7, 11) is 1.60. The Morgan fingerprint density at radius 1 is 1.25 bits per heavy atom. The highest BCUT2D eigenvalue weighted by molar-refractivity contribution is 5.85. The lowest BCUT2D eigenvalue weighted by Gasteiger charge is -2.50. The van der Waals surface area contributed by atoms with Crippen molar-refractivity contribution in [3.05, 3.63) is 17.7 Å². The minimum Gasteiger partial charge on any atom is -0.375 e. The van der Waals surface area contributed by atoms with E-state index in [4.69, 9.17) is 4.74 Å². The lowest BCUT2D eigenvalue weighted by atomic mass is 9.78. The van der Waals surface area contributed by atoms with Gasteiger partial charge in [-0.3, -0.25) is 4.79 Å². The van der Waals surface area contributed by atoms with Crippen LogP contribution in [-0.4, -0.2) is 78.7 Å². The van der Waals surface area contributed by atoms with Crippen LogP contribution in [0.1, 0.15) is 24.2 Å². The van der Waals surface area contributed by atoms with E-state index in [-0.39, 0.29) is 42.9 Å². The summed E-state index contributed by atoms with van der Waals surface area (Å²) in [5.41, 5.74) is 2.06. The number of hydrogen-bond donors (Lipinski definition) is 2.